The summed E-state index contributed by atoms with van der Waals surface area (Å²) in [6, 6.07) is 12.4. The molecule has 2 aliphatic heterocycles. The minimum Gasteiger partial charge on any atom is -0.488 e. The highest BCUT2D eigenvalue weighted by molar-refractivity contribution is 5.93. The number of carbonyl (C=O) groups excluding carboxylic acids is 1. The van der Waals surface area contributed by atoms with Gasteiger partial charge < -0.3 is 24.6 Å². The Hall–Kier alpha value is -3.65. The molecule has 0 unspecified atom stereocenters. The van der Waals surface area contributed by atoms with E-state index in [1.54, 1.807) is 12.4 Å². The molecule has 8 heteroatoms. The molecule has 1 aromatic heterocycles. The Bertz CT molecular complexity index is 1200. The molecule has 1 atom stereocenters. The van der Waals surface area contributed by atoms with Gasteiger partial charge in [0.25, 0.3) is 0 Å². The highest BCUT2D eigenvalue weighted by Crippen LogP contribution is 2.30. The van der Waals surface area contributed by atoms with Crippen LogP contribution in [0.3, 0.4) is 0 Å². The summed E-state index contributed by atoms with van der Waals surface area (Å²) < 4.78 is 11.7. The molecule has 3 aromatic rings. The van der Waals surface area contributed by atoms with Gasteiger partial charge in [0, 0.05) is 55.7 Å². The van der Waals surface area contributed by atoms with Crippen LogP contribution < -0.4 is 15.0 Å². The van der Waals surface area contributed by atoms with E-state index in [2.05, 4.69) is 50.2 Å². The molecule has 8 nitrogen and oxygen atoms in total. The Labute approximate surface area is 205 Å². The molecule has 0 saturated carbocycles. The first-order chi connectivity index (χ1) is 17.2. The van der Waals surface area contributed by atoms with E-state index in [0.29, 0.717) is 6.61 Å². The predicted octanol–water partition coefficient (Wildman–Crippen LogP) is 4.07. The van der Waals surface area contributed by atoms with Crippen LogP contribution in [0.25, 0.3) is 10.9 Å². The van der Waals surface area contributed by atoms with Crippen molar-refractivity contribution >= 4 is 34.4 Å². The number of aromatic nitrogens is 2. The van der Waals surface area contributed by atoms with E-state index in [4.69, 9.17) is 9.47 Å². The first-order valence-electron chi connectivity index (χ1n) is 12.2. The summed E-state index contributed by atoms with van der Waals surface area (Å²) in [5, 5.41) is 4.46. The maximum Gasteiger partial charge on any atom is 0.144 e. The molecule has 0 aliphatic carbocycles. The number of rotatable bonds is 7. The van der Waals surface area contributed by atoms with E-state index in [1.165, 1.54) is 0 Å². The number of aldehydes is 1. The van der Waals surface area contributed by atoms with Gasteiger partial charge in [-0.05, 0) is 67.8 Å². The van der Waals surface area contributed by atoms with Gasteiger partial charge in [-0.15, -0.1) is 0 Å². The third kappa shape index (κ3) is 5.54. The molecular weight excluding hydrogens is 442 g/mol. The lowest BCUT2D eigenvalue weighted by molar-refractivity contribution is -0.104. The van der Waals surface area contributed by atoms with Gasteiger partial charge in [0.15, 0.2) is 0 Å². The number of allylic oxidation sites excluding steroid dienone is 1. The van der Waals surface area contributed by atoms with Crippen LogP contribution >= 0.6 is 0 Å². The van der Waals surface area contributed by atoms with Gasteiger partial charge >= 0.3 is 0 Å². The van der Waals surface area contributed by atoms with E-state index in [9.17, 15) is 4.79 Å². The second-order valence-electron chi connectivity index (χ2n) is 8.99. The zero-order chi connectivity index (χ0) is 24.0. The number of hydrogen-bond donors (Lipinski definition) is 1. The summed E-state index contributed by atoms with van der Waals surface area (Å²) in [5.41, 5.74) is 4.06. The fourth-order valence-electron chi connectivity index (χ4n) is 4.61. The summed E-state index contributed by atoms with van der Waals surface area (Å²) in [7, 11) is 0. The van der Waals surface area contributed by atoms with Crippen LogP contribution in [0, 0.1) is 6.92 Å². The number of nitrogens with zero attached hydrogens (tertiary/aromatic N) is 4. The average molecular weight is 474 g/mol. The van der Waals surface area contributed by atoms with E-state index in [1.807, 2.05) is 24.4 Å². The van der Waals surface area contributed by atoms with E-state index in [-0.39, 0.29) is 6.10 Å². The Balaban J connectivity index is 1.32. The quantitative estimate of drug-likeness (QED) is 0.406. The fourth-order valence-corrected chi connectivity index (χ4v) is 4.61. The lowest BCUT2D eigenvalue weighted by atomic mass is 10.1. The Morgan fingerprint density at radius 1 is 1.11 bits per heavy atom. The van der Waals surface area contributed by atoms with Crippen molar-refractivity contribution < 1.29 is 14.3 Å². The maximum absolute atomic E-state index is 10.6. The summed E-state index contributed by atoms with van der Waals surface area (Å²) >= 11 is 0. The largest absolute Gasteiger partial charge is 0.488 e. The lowest BCUT2D eigenvalue weighted by Gasteiger charge is -2.35. The van der Waals surface area contributed by atoms with Crippen molar-refractivity contribution in [1.29, 1.82) is 0 Å². The summed E-state index contributed by atoms with van der Waals surface area (Å²) in [6.07, 6.45) is 8.01. The number of carbonyl (C=O) groups is 1. The number of hydrogen-bond acceptors (Lipinski definition) is 8. The standard InChI is InChI=1S/C27H31N5O3/c1-20-16-21(5-8-26(20)35-23-4-2-15-34-18-23)30-27-24-17-22(6-7-25(24)28-19-29-27)32-12-10-31(11-13-32)9-3-14-33/h3,5-9,14,16-17,19,23H,2,4,10-13,15,18H2,1H3,(H,28,29,30)/t23-/m1/s1. The number of benzene rings is 2. The third-order valence-corrected chi connectivity index (χ3v) is 6.52. The minimum atomic E-state index is 0.119. The molecule has 2 fully saturated rings. The SMILES string of the molecule is Cc1cc(Nc2ncnc3ccc(N4CCN(C=CC=O)CC4)cc23)ccc1O[C@@H]1CCCOC1. The maximum atomic E-state index is 10.6. The molecule has 2 saturated heterocycles. The molecule has 0 amide bonds. The molecular formula is C27H31N5O3. The van der Waals surface area contributed by atoms with E-state index >= 15 is 0 Å². The van der Waals surface area contributed by atoms with Crippen LogP contribution in [0.1, 0.15) is 18.4 Å². The number of piperazine rings is 1. The predicted molar refractivity (Wildman–Crippen MR) is 137 cm³/mol. The highest BCUT2D eigenvalue weighted by atomic mass is 16.5. The monoisotopic (exact) mass is 473 g/mol. The van der Waals surface area contributed by atoms with Crippen LogP contribution in [0.2, 0.25) is 0 Å². The van der Waals surface area contributed by atoms with Crippen LogP contribution in [0.5, 0.6) is 5.75 Å². The van der Waals surface area contributed by atoms with E-state index < -0.39 is 0 Å². The van der Waals surface area contributed by atoms with Gasteiger partial charge in [-0.1, -0.05) is 0 Å². The molecule has 3 heterocycles. The van der Waals surface area contributed by atoms with Crippen molar-refractivity contribution in [2.24, 2.45) is 0 Å². The Morgan fingerprint density at radius 3 is 2.77 bits per heavy atom. The van der Waals surface area contributed by atoms with Crippen molar-refractivity contribution in [3.05, 3.63) is 60.6 Å². The van der Waals surface area contributed by atoms with Crippen LogP contribution in [-0.4, -0.2) is 66.7 Å². The van der Waals surface area contributed by atoms with Crippen LogP contribution in [-0.2, 0) is 9.53 Å². The lowest BCUT2D eigenvalue weighted by Crippen LogP contribution is -2.44. The van der Waals surface area contributed by atoms with Crippen molar-refractivity contribution in [3.63, 3.8) is 0 Å². The summed E-state index contributed by atoms with van der Waals surface area (Å²) in [5.74, 6) is 1.67. The number of ether oxygens (including phenoxy) is 2. The van der Waals surface area contributed by atoms with Gasteiger partial charge in [-0.3, -0.25) is 4.79 Å². The molecule has 182 valence electrons. The molecule has 5 rings (SSSR count). The first-order valence-corrected chi connectivity index (χ1v) is 12.2. The van der Waals surface area contributed by atoms with Crippen molar-refractivity contribution in [3.8, 4) is 5.75 Å². The number of fused-ring (bicyclic) bond motifs is 1. The highest BCUT2D eigenvalue weighted by Gasteiger charge is 2.18. The number of nitrogens with one attached hydrogen (secondary N) is 1. The normalized spacial score (nSPS) is 18.7. The fraction of sp³-hybridized carbons (Fsp3) is 0.370. The van der Waals surface area contributed by atoms with Gasteiger partial charge in [0.05, 0.1) is 12.1 Å². The van der Waals surface area contributed by atoms with Gasteiger partial charge in [-0.25, -0.2) is 9.97 Å². The second-order valence-corrected chi connectivity index (χ2v) is 8.99. The third-order valence-electron chi connectivity index (χ3n) is 6.52. The van der Waals surface area contributed by atoms with Crippen LogP contribution in [0.4, 0.5) is 17.2 Å². The molecule has 2 aliphatic rings. The number of anilines is 3. The average Bonchev–Trinajstić information content (AvgIpc) is 2.90. The van der Waals surface area contributed by atoms with Gasteiger partial charge in [0.2, 0.25) is 0 Å². The van der Waals surface area contributed by atoms with Gasteiger partial charge in [-0.2, -0.15) is 0 Å². The molecule has 1 N–H and O–H groups in total. The smallest absolute Gasteiger partial charge is 0.144 e. The molecule has 0 bridgehead atoms. The summed E-state index contributed by atoms with van der Waals surface area (Å²) in [6.45, 7) is 7.06. The zero-order valence-corrected chi connectivity index (χ0v) is 20.0. The van der Waals surface area contributed by atoms with E-state index in [0.717, 1.165) is 91.3 Å². The van der Waals surface area contributed by atoms with Gasteiger partial charge in [0.1, 0.15) is 30.3 Å². The summed E-state index contributed by atoms with van der Waals surface area (Å²) in [4.78, 5) is 24.1. The molecule has 0 radical (unpaired) electrons. The zero-order valence-electron chi connectivity index (χ0n) is 20.0. The second kappa shape index (κ2) is 10.7. The Morgan fingerprint density at radius 2 is 2.00 bits per heavy atom. The van der Waals surface area contributed by atoms with Crippen molar-refractivity contribution in [2.45, 2.75) is 25.9 Å². The number of aryl methyl sites for hydroxylation is 1. The van der Waals surface area contributed by atoms with Crippen molar-refractivity contribution in [2.75, 3.05) is 49.6 Å². The Kier molecular flexibility index (Phi) is 7.09. The first kappa shape index (κ1) is 23.1. The van der Waals surface area contributed by atoms with Crippen molar-refractivity contribution in [1.82, 2.24) is 14.9 Å². The molecule has 0 spiro atoms. The topological polar surface area (TPSA) is 79.8 Å². The minimum absolute atomic E-state index is 0.119. The molecule has 2 aromatic carbocycles. The molecule has 35 heavy (non-hydrogen) atoms. The van der Waals surface area contributed by atoms with Crippen LogP contribution in [0.15, 0.2) is 55.0 Å².